The molecule has 0 aromatic carbocycles. The highest BCUT2D eigenvalue weighted by Crippen LogP contribution is 2.17. The predicted molar refractivity (Wildman–Crippen MR) is 75.5 cm³/mol. The Hall–Kier alpha value is -0.790. The molecule has 0 radical (unpaired) electrons. The Morgan fingerprint density at radius 3 is 2.33 bits per heavy atom. The Morgan fingerprint density at radius 2 is 1.67 bits per heavy atom. The number of hydrogen-bond acceptors (Lipinski definition) is 2. The first-order valence-electron chi connectivity index (χ1n) is 7.63. The first kappa shape index (κ1) is 15.3. The zero-order valence-electron chi connectivity index (χ0n) is 11.7. The molecule has 2 heteroatoms. The molecule has 1 heterocycles. The Balaban J connectivity index is 2.37. The van der Waals surface area contributed by atoms with Gasteiger partial charge >= 0.3 is 5.97 Å². The van der Waals surface area contributed by atoms with Crippen LogP contribution in [0.4, 0.5) is 0 Å². The van der Waals surface area contributed by atoms with Crippen LogP contribution in [0.25, 0.3) is 0 Å². The summed E-state index contributed by atoms with van der Waals surface area (Å²) in [6, 6.07) is 0. The minimum Gasteiger partial charge on any atom is -0.462 e. The molecule has 0 aromatic heterocycles. The molecule has 18 heavy (non-hydrogen) atoms. The molecule has 1 aliphatic rings. The van der Waals surface area contributed by atoms with Crippen molar-refractivity contribution in [2.75, 3.05) is 0 Å². The van der Waals surface area contributed by atoms with Gasteiger partial charge in [0.05, 0.1) is 0 Å². The fourth-order valence-corrected chi connectivity index (χ4v) is 2.51. The van der Waals surface area contributed by atoms with Crippen LogP contribution in [0.15, 0.2) is 12.7 Å². The van der Waals surface area contributed by atoms with Crippen LogP contribution < -0.4 is 0 Å². The number of ether oxygens (including phenoxy) is 1. The van der Waals surface area contributed by atoms with E-state index in [0.29, 0.717) is 6.42 Å². The summed E-state index contributed by atoms with van der Waals surface area (Å²) in [5, 5.41) is 0. The Kier molecular flexibility index (Phi) is 8.62. The second kappa shape index (κ2) is 10.2. The lowest BCUT2D eigenvalue weighted by atomic mass is 10.0. The molecule has 0 saturated carbocycles. The lowest BCUT2D eigenvalue weighted by molar-refractivity contribution is -0.149. The fourth-order valence-electron chi connectivity index (χ4n) is 2.51. The second-order valence-corrected chi connectivity index (χ2v) is 5.34. The molecule has 0 spiro atoms. The van der Waals surface area contributed by atoms with E-state index in [2.05, 4.69) is 6.58 Å². The van der Waals surface area contributed by atoms with E-state index in [1.54, 1.807) is 0 Å². The summed E-state index contributed by atoms with van der Waals surface area (Å²) in [5.41, 5.74) is 0. The summed E-state index contributed by atoms with van der Waals surface area (Å²) >= 11 is 0. The van der Waals surface area contributed by atoms with Gasteiger partial charge in [-0.25, -0.2) is 0 Å². The number of allylic oxidation sites excluding steroid dienone is 1. The molecule has 1 aliphatic heterocycles. The van der Waals surface area contributed by atoms with Gasteiger partial charge in [-0.3, -0.25) is 4.79 Å². The molecule has 0 N–H and O–H groups in total. The summed E-state index contributed by atoms with van der Waals surface area (Å²) < 4.78 is 5.58. The van der Waals surface area contributed by atoms with Gasteiger partial charge in [-0.05, 0) is 32.1 Å². The van der Waals surface area contributed by atoms with Crippen LogP contribution >= 0.6 is 0 Å². The average Bonchev–Trinajstić information content (AvgIpc) is 2.38. The van der Waals surface area contributed by atoms with Crippen LogP contribution in [0.3, 0.4) is 0 Å². The Bertz CT molecular complexity index is 235. The van der Waals surface area contributed by atoms with Crippen LogP contribution in [-0.4, -0.2) is 12.1 Å². The maximum atomic E-state index is 11.7. The standard InChI is InChI=1S/C16H28O2/c1-2-3-12-15-13-10-8-6-4-5-7-9-11-14-16(17)18-15/h2,15H,1,3-14H2. The lowest BCUT2D eigenvalue weighted by Crippen LogP contribution is -2.18. The minimum atomic E-state index is 0.00306. The van der Waals surface area contributed by atoms with Crippen molar-refractivity contribution < 1.29 is 9.53 Å². The summed E-state index contributed by atoms with van der Waals surface area (Å²) in [5.74, 6) is 0.00306. The predicted octanol–water partition coefficient (Wildman–Crippen LogP) is 4.78. The van der Waals surface area contributed by atoms with Crippen LogP contribution in [0.2, 0.25) is 0 Å². The molecule has 1 unspecified atom stereocenters. The van der Waals surface area contributed by atoms with Gasteiger partial charge in [0.25, 0.3) is 0 Å². The van der Waals surface area contributed by atoms with Gasteiger partial charge in [0.1, 0.15) is 6.10 Å². The third-order valence-electron chi connectivity index (χ3n) is 3.65. The monoisotopic (exact) mass is 252 g/mol. The average molecular weight is 252 g/mol. The third kappa shape index (κ3) is 7.52. The van der Waals surface area contributed by atoms with Crippen molar-refractivity contribution in [3.8, 4) is 0 Å². The van der Waals surface area contributed by atoms with E-state index in [9.17, 15) is 4.79 Å². The molecule has 1 atom stereocenters. The molecular weight excluding hydrogens is 224 g/mol. The van der Waals surface area contributed by atoms with Gasteiger partial charge in [0.2, 0.25) is 0 Å². The van der Waals surface area contributed by atoms with E-state index in [1.165, 1.54) is 44.9 Å². The van der Waals surface area contributed by atoms with E-state index in [-0.39, 0.29) is 12.1 Å². The van der Waals surface area contributed by atoms with Crippen LogP contribution in [-0.2, 0) is 9.53 Å². The van der Waals surface area contributed by atoms with E-state index >= 15 is 0 Å². The van der Waals surface area contributed by atoms with Gasteiger partial charge in [-0.2, -0.15) is 0 Å². The Morgan fingerprint density at radius 1 is 1.06 bits per heavy atom. The van der Waals surface area contributed by atoms with Gasteiger partial charge in [0, 0.05) is 6.42 Å². The molecule has 1 rings (SSSR count). The lowest BCUT2D eigenvalue weighted by Gasteiger charge is -2.17. The zero-order valence-corrected chi connectivity index (χ0v) is 11.7. The first-order valence-corrected chi connectivity index (χ1v) is 7.63. The fraction of sp³-hybridized carbons (Fsp3) is 0.812. The zero-order chi connectivity index (χ0) is 13.1. The highest BCUT2D eigenvalue weighted by molar-refractivity contribution is 5.69. The number of cyclic esters (lactones) is 1. The molecule has 2 nitrogen and oxygen atoms in total. The summed E-state index contributed by atoms with van der Waals surface area (Å²) in [6.07, 6.45) is 15.5. The molecule has 0 amide bonds. The quantitative estimate of drug-likeness (QED) is 0.534. The van der Waals surface area contributed by atoms with E-state index in [1.807, 2.05) is 6.08 Å². The van der Waals surface area contributed by atoms with E-state index < -0.39 is 0 Å². The van der Waals surface area contributed by atoms with Crippen LogP contribution in [0.1, 0.15) is 77.0 Å². The molecule has 1 saturated heterocycles. The van der Waals surface area contributed by atoms with Crippen molar-refractivity contribution in [1.82, 2.24) is 0 Å². The first-order chi connectivity index (χ1) is 8.83. The molecule has 1 fully saturated rings. The smallest absolute Gasteiger partial charge is 0.306 e. The van der Waals surface area contributed by atoms with Crippen molar-refractivity contribution in [2.45, 2.75) is 83.2 Å². The maximum absolute atomic E-state index is 11.7. The minimum absolute atomic E-state index is 0.00306. The van der Waals surface area contributed by atoms with Gasteiger partial charge in [0.15, 0.2) is 0 Å². The van der Waals surface area contributed by atoms with Crippen molar-refractivity contribution in [3.63, 3.8) is 0 Å². The van der Waals surface area contributed by atoms with E-state index in [4.69, 9.17) is 4.74 Å². The summed E-state index contributed by atoms with van der Waals surface area (Å²) in [7, 11) is 0. The topological polar surface area (TPSA) is 26.3 Å². The largest absolute Gasteiger partial charge is 0.462 e. The van der Waals surface area contributed by atoms with Gasteiger partial charge in [-0.1, -0.05) is 44.6 Å². The summed E-state index contributed by atoms with van der Waals surface area (Å²) in [4.78, 5) is 11.7. The van der Waals surface area contributed by atoms with Crippen molar-refractivity contribution >= 4 is 5.97 Å². The molecule has 104 valence electrons. The maximum Gasteiger partial charge on any atom is 0.306 e. The normalized spacial score (nSPS) is 24.2. The SMILES string of the molecule is C=CCCC1CCCCCCCCCCC(=O)O1. The highest BCUT2D eigenvalue weighted by Gasteiger charge is 2.13. The van der Waals surface area contributed by atoms with Crippen molar-refractivity contribution in [3.05, 3.63) is 12.7 Å². The molecular formula is C16H28O2. The number of carbonyl (C=O) groups is 1. The summed E-state index contributed by atoms with van der Waals surface area (Å²) in [6.45, 7) is 3.74. The number of hydrogen-bond donors (Lipinski definition) is 0. The number of carbonyl (C=O) groups excluding carboxylic acids is 1. The number of rotatable bonds is 3. The third-order valence-corrected chi connectivity index (χ3v) is 3.65. The van der Waals surface area contributed by atoms with Crippen LogP contribution in [0.5, 0.6) is 0 Å². The van der Waals surface area contributed by atoms with Crippen molar-refractivity contribution in [2.24, 2.45) is 0 Å². The number of esters is 1. The highest BCUT2D eigenvalue weighted by atomic mass is 16.5. The van der Waals surface area contributed by atoms with Gasteiger partial charge in [-0.15, -0.1) is 6.58 Å². The van der Waals surface area contributed by atoms with Crippen molar-refractivity contribution in [1.29, 1.82) is 0 Å². The van der Waals surface area contributed by atoms with Gasteiger partial charge < -0.3 is 4.74 Å². The van der Waals surface area contributed by atoms with E-state index in [0.717, 1.165) is 25.7 Å². The van der Waals surface area contributed by atoms with Crippen LogP contribution in [0, 0.1) is 0 Å². The molecule has 0 aliphatic carbocycles. The second-order valence-electron chi connectivity index (χ2n) is 5.34. The molecule has 0 aromatic rings. The Labute approximate surface area is 112 Å². The molecule has 0 bridgehead atoms.